The smallest absolute Gasteiger partial charge is 0.279 e. The second-order valence-electron chi connectivity index (χ2n) is 7.43. The number of thioether (sulfide) groups is 1. The summed E-state index contributed by atoms with van der Waals surface area (Å²) in [5.41, 5.74) is 4.22. The van der Waals surface area contributed by atoms with Crippen LogP contribution in [0.1, 0.15) is 47.7 Å². The van der Waals surface area contributed by atoms with Crippen LogP contribution in [-0.4, -0.2) is 29.1 Å². The lowest BCUT2D eigenvalue weighted by molar-refractivity contribution is 0.0997. The minimum atomic E-state index is -0.230. The summed E-state index contributed by atoms with van der Waals surface area (Å²) >= 11 is 3.37. The Kier molecular flexibility index (Phi) is 8.16. The molecular formula is C24H30N2O2S2. The molecule has 2 aromatic carbocycles. The molecule has 0 saturated heterocycles. The summed E-state index contributed by atoms with van der Waals surface area (Å²) in [6.45, 7) is 7.92. The van der Waals surface area contributed by atoms with Gasteiger partial charge in [-0.1, -0.05) is 37.2 Å². The molecule has 0 aliphatic carbocycles. The number of rotatable bonds is 9. The van der Waals surface area contributed by atoms with Gasteiger partial charge in [-0.15, -0.1) is 0 Å². The molecule has 0 N–H and O–H groups in total. The fourth-order valence-corrected chi connectivity index (χ4v) is 4.72. The van der Waals surface area contributed by atoms with E-state index in [1.54, 1.807) is 35.2 Å². The maximum atomic E-state index is 12.9. The Bertz CT molecular complexity index is 1080. The van der Waals surface area contributed by atoms with E-state index in [1.807, 2.05) is 12.1 Å². The van der Waals surface area contributed by atoms with Gasteiger partial charge in [0.05, 0.1) is 16.8 Å². The predicted molar refractivity (Wildman–Crippen MR) is 129 cm³/mol. The molecule has 0 aliphatic heterocycles. The molecule has 0 aliphatic rings. The van der Waals surface area contributed by atoms with Crippen molar-refractivity contribution in [1.82, 2.24) is 4.57 Å². The highest BCUT2D eigenvalue weighted by Crippen LogP contribution is 2.22. The van der Waals surface area contributed by atoms with Gasteiger partial charge in [-0.25, -0.2) is 0 Å². The summed E-state index contributed by atoms with van der Waals surface area (Å²) in [5, 5.41) is 0. The quantitative estimate of drug-likeness (QED) is 0.382. The lowest BCUT2D eigenvalue weighted by Crippen LogP contribution is -2.18. The molecule has 1 aromatic heterocycles. The number of thiazole rings is 1. The second kappa shape index (κ2) is 10.8. The highest BCUT2D eigenvalue weighted by atomic mass is 32.2. The minimum Gasteiger partial charge on any atom is -0.494 e. The molecule has 30 heavy (non-hydrogen) atoms. The number of fused-ring (bicyclic) bond motifs is 1. The summed E-state index contributed by atoms with van der Waals surface area (Å²) in [7, 11) is 0. The second-order valence-corrected chi connectivity index (χ2v) is 9.43. The highest BCUT2D eigenvalue weighted by molar-refractivity contribution is 7.98. The van der Waals surface area contributed by atoms with Crippen molar-refractivity contribution in [2.24, 2.45) is 4.99 Å². The summed E-state index contributed by atoms with van der Waals surface area (Å²) in [6, 6.07) is 11.8. The average molecular weight is 443 g/mol. The van der Waals surface area contributed by atoms with Crippen LogP contribution in [0.5, 0.6) is 5.75 Å². The van der Waals surface area contributed by atoms with Gasteiger partial charge in [-0.3, -0.25) is 4.79 Å². The fraction of sp³-hybridized carbons (Fsp3) is 0.417. The van der Waals surface area contributed by atoms with Crippen molar-refractivity contribution in [2.45, 2.75) is 46.6 Å². The van der Waals surface area contributed by atoms with E-state index in [-0.39, 0.29) is 5.91 Å². The van der Waals surface area contributed by atoms with Crippen LogP contribution in [0.15, 0.2) is 41.4 Å². The van der Waals surface area contributed by atoms with Gasteiger partial charge in [-0.2, -0.15) is 16.8 Å². The van der Waals surface area contributed by atoms with E-state index in [0.717, 1.165) is 47.6 Å². The maximum absolute atomic E-state index is 12.9. The van der Waals surface area contributed by atoms with Crippen molar-refractivity contribution in [1.29, 1.82) is 0 Å². The first kappa shape index (κ1) is 22.6. The Morgan fingerprint density at radius 3 is 2.73 bits per heavy atom. The SMILES string of the molecule is CCCCCOc1cccc(C(=O)N=c2sc3cc(C)c(C)cc3n2CCSC)c1. The van der Waals surface area contributed by atoms with E-state index in [0.29, 0.717) is 12.2 Å². The van der Waals surface area contributed by atoms with Crippen LogP contribution < -0.4 is 9.54 Å². The summed E-state index contributed by atoms with van der Waals surface area (Å²) in [6.07, 6.45) is 5.42. The Morgan fingerprint density at radius 1 is 1.17 bits per heavy atom. The molecule has 6 heteroatoms. The standard InChI is InChI=1S/C24H30N2O2S2/c1-5-6-7-12-28-20-10-8-9-19(16-20)23(27)25-24-26(11-13-29-4)21-14-17(2)18(3)15-22(21)30-24/h8-10,14-16H,5-7,11-13H2,1-4H3. The molecule has 0 bridgehead atoms. The average Bonchev–Trinajstić information content (AvgIpc) is 3.06. The van der Waals surface area contributed by atoms with Crippen molar-refractivity contribution < 1.29 is 9.53 Å². The van der Waals surface area contributed by atoms with E-state index in [1.165, 1.54) is 15.8 Å². The lowest BCUT2D eigenvalue weighted by atomic mass is 10.1. The zero-order chi connectivity index (χ0) is 21.5. The van der Waals surface area contributed by atoms with Crippen molar-refractivity contribution in [2.75, 3.05) is 18.6 Å². The number of unbranched alkanes of at least 4 members (excludes halogenated alkanes) is 2. The van der Waals surface area contributed by atoms with Gasteiger partial charge in [0, 0.05) is 17.9 Å². The molecule has 0 fully saturated rings. The number of hydrogen-bond acceptors (Lipinski definition) is 4. The van der Waals surface area contributed by atoms with Gasteiger partial charge in [-0.05, 0) is 68.0 Å². The number of amides is 1. The van der Waals surface area contributed by atoms with Crippen molar-refractivity contribution in [3.8, 4) is 5.75 Å². The molecule has 0 atom stereocenters. The van der Waals surface area contributed by atoms with Crippen LogP contribution in [0.25, 0.3) is 10.2 Å². The van der Waals surface area contributed by atoms with Gasteiger partial charge in [0.15, 0.2) is 4.80 Å². The van der Waals surface area contributed by atoms with Crippen LogP contribution in [0.3, 0.4) is 0 Å². The Balaban J connectivity index is 1.92. The van der Waals surface area contributed by atoms with Gasteiger partial charge in [0.2, 0.25) is 0 Å². The molecule has 4 nitrogen and oxygen atoms in total. The normalized spacial score (nSPS) is 11.9. The van der Waals surface area contributed by atoms with E-state index >= 15 is 0 Å². The zero-order valence-electron chi connectivity index (χ0n) is 18.2. The number of benzene rings is 2. The fourth-order valence-electron chi connectivity index (χ4n) is 3.22. The zero-order valence-corrected chi connectivity index (χ0v) is 19.9. The molecule has 1 amide bonds. The van der Waals surface area contributed by atoms with E-state index in [4.69, 9.17) is 4.74 Å². The summed E-state index contributed by atoms with van der Waals surface area (Å²) < 4.78 is 9.14. The number of nitrogens with zero attached hydrogens (tertiary/aromatic N) is 2. The molecule has 0 saturated carbocycles. The third kappa shape index (κ3) is 5.55. The van der Waals surface area contributed by atoms with Crippen molar-refractivity contribution in [3.63, 3.8) is 0 Å². The molecular weight excluding hydrogens is 412 g/mol. The Labute approximate surface area is 187 Å². The van der Waals surface area contributed by atoms with E-state index in [2.05, 4.69) is 48.7 Å². The first-order chi connectivity index (χ1) is 14.5. The molecule has 0 spiro atoms. The number of carbonyl (C=O) groups excluding carboxylic acids is 1. The Morgan fingerprint density at radius 2 is 1.97 bits per heavy atom. The monoisotopic (exact) mass is 442 g/mol. The van der Waals surface area contributed by atoms with Crippen LogP contribution in [0.2, 0.25) is 0 Å². The topological polar surface area (TPSA) is 43.6 Å². The van der Waals surface area contributed by atoms with Crippen LogP contribution in [0.4, 0.5) is 0 Å². The number of hydrogen-bond donors (Lipinski definition) is 0. The number of aryl methyl sites for hydroxylation is 3. The Hall–Kier alpha value is -2.05. The first-order valence-electron chi connectivity index (χ1n) is 10.4. The number of aromatic nitrogens is 1. The highest BCUT2D eigenvalue weighted by Gasteiger charge is 2.11. The molecule has 0 radical (unpaired) electrons. The predicted octanol–water partition coefficient (Wildman–Crippen LogP) is 5.99. The molecule has 160 valence electrons. The van der Waals surface area contributed by atoms with Crippen molar-refractivity contribution >= 4 is 39.2 Å². The third-order valence-electron chi connectivity index (χ3n) is 5.11. The molecule has 0 unspecified atom stereocenters. The van der Waals surface area contributed by atoms with Crippen LogP contribution in [0, 0.1) is 13.8 Å². The molecule has 1 heterocycles. The van der Waals surface area contributed by atoms with Gasteiger partial charge < -0.3 is 9.30 Å². The lowest BCUT2D eigenvalue weighted by Gasteiger charge is -2.07. The third-order valence-corrected chi connectivity index (χ3v) is 6.74. The van der Waals surface area contributed by atoms with Gasteiger partial charge in [0.1, 0.15) is 5.75 Å². The van der Waals surface area contributed by atoms with E-state index in [9.17, 15) is 4.79 Å². The largest absolute Gasteiger partial charge is 0.494 e. The maximum Gasteiger partial charge on any atom is 0.279 e. The van der Waals surface area contributed by atoms with Crippen LogP contribution in [-0.2, 0) is 6.54 Å². The first-order valence-corrected chi connectivity index (χ1v) is 12.7. The summed E-state index contributed by atoms with van der Waals surface area (Å²) in [5.74, 6) is 1.47. The number of carbonyl (C=O) groups is 1. The van der Waals surface area contributed by atoms with Gasteiger partial charge >= 0.3 is 0 Å². The number of ether oxygens (including phenoxy) is 1. The van der Waals surface area contributed by atoms with Crippen molar-refractivity contribution in [3.05, 3.63) is 57.9 Å². The summed E-state index contributed by atoms with van der Waals surface area (Å²) in [4.78, 5) is 18.2. The minimum absolute atomic E-state index is 0.230. The van der Waals surface area contributed by atoms with Crippen LogP contribution >= 0.6 is 23.1 Å². The van der Waals surface area contributed by atoms with E-state index < -0.39 is 0 Å². The molecule has 3 rings (SSSR count). The molecule has 3 aromatic rings. The van der Waals surface area contributed by atoms with Gasteiger partial charge in [0.25, 0.3) is 5.91 Å².